The number of methoxy groups -OCH3 is 1. The molecule has 6 rings (SSSR count). The van der Waals surface area contributed by atoms with Crippen molar-refractivity contribution in [3.05, 3.63) is 61.5 Å². The zero-order valence-electron chi connectivity index (χ0n) is 21.5. The largest absolute Gasteiger partial charge is 0.503 e. The summed E-state index contributed by atoms with van der Waals surface area (Å²) < 4.78 is 6.00. The van der Waals surface area contributed by atoms with Crippen molar-refractivity contribution in [1.29, 1.82) is 0 Å². The van der Waals surface area contributed by atoms with Crippen molar-refractivity contribution in [1.82, 2.24) is 4.90 Å². The van der Waals surface area contributed by atoms with E-state index >= 15 is 0 Å². The average Bonchev–Trinajstić information content (AvgIpc) is 3.28. The molecule has 1 N–H and O–H groups in total. The molecule has 0 radical (unpaired) electrons. The second kappa shape index (κ2) is 9.71. The van der Waals surface area contributed by atoms with Gasteiger partial charge in [-0.3, -0.25) is 29.0 Å². The molecule has 8 nitrogen and oxygen atoms in total. The van der Waals surface area contributed by atoms with Crippen LogP contribution in [0.2, 0.25) is 5.02 Å². The second-order valence-electron chi connectivity index (χ2n) is 10.6. The Balaban J connectivity index is 1.56. The minimum atomic E-state index is -1.97. The average molecular weight is 748 g/mol. The monoisotopic (exact) mass is 744 g/mol. The van der Waals surface area contributed by atoms with Gasteiger partial charge in [0.2, 0.25) is 11.8 Å². The van der Waals surface area contributed by atoms with E-state index in [2.05, 4.69) is 31.9 Å². The Bertz CT molecular complexity index is 1600. The van der Waals surface area contributed by atoms with Crippen LogP contribution in [0.4, 0.5) is 5.69 Å². The first-order valence-electron chi connectivity index (χ1n) is 12.6. The molecule has 0 spiro atoms. The highest BCUT2D eigenvalue weighted by Crippen LogP contribution is 2.66. The molecule has 2 aliphatic carbocycles. The number of allylic oxidation sites excluding steroid dienone is 2. The van der Waals surface area contributed by atoms with Crippen molar-refractivity contribution in [2.24, 2.45) is 17.8 Å². The number of phenols is 1. The summed E-state index contributed by atoms with van der Waals surface area (Å²) >= 11 is 27.4. The van der Waals surface area contributed by atoms with E-state index < -0.39 is 51.1 Å². The Labute approximate surface area is 266 Å². The Morgan fingerprint density at radius 3 is 2.29 bits per heavy atom. The van der Waals surface area contributed by atoms with Crippen LogP contribution in [0.1, 0.15) is 24.3 Å². The topological polar surface area (TPSA) is 104 Å². The molecule has 4 amide bonds. The molecule has 0 aromatic heterocycles. The number of hydrogen-bond acceptors (Lipinski definition) is 6. The van der Waals surface area contributed by atoms with Gasteiger partial charge in [-0.15, -0.1) is 23.2 Å². The normalized spacial score (nSPS) is 32.6. The Morgan fingerprint density at radius 1 is 1.00 bits per heavy atom. The van der Waals surface area contributed by atoms with Gasteiger partial charge in [-0.1, -0.05) is 23.3 Å². The number of phenolic OH excluding ortho intramolecular Hbond substituents is 1. The first-order chi connectivity index (χ1) is 19.3. The highest BCUT2D eigenvalue weighted by molar-refractivity contribution is 9.13. The van der Waals surface area contributed by atoms with Crippen molar-refractivity contribution in [3.8, 4) is 11.5 Å². The molecular weight excluding hydrogens is 726 g/mol. The summed E-state index contributed by atoms with van der Waals surface area (Å²) in [4.78, 5) is 53.2. The molecule has 0 bridgehead atoms. The number of halogens is 5. The summed E-state index contributed by atoms with van der Waals surface area (Å²) in [6.07, 6.45) is 1.93. The van der Waals surface area contributed by atoms with Crippen LogP contribution in [0.25, 0.3) is 0 Å². The quantitative estimate of drug-likeness (QED) is 0.243. The lowest BCUT2D eigenvalue weighted by Crippen LogP contribution is -2.60. The third-order valence-electron chi connectivity index (χ3n) is 8.80. The molecule has 2 aliphatic heterocycles. The van der Waals surface area contributed by atoms with Crippen LogP contribution >= 0.6 is 66.7 Å². The smallest absolute Gasteiger partial charge is 0.253 e. The molecule has 4 aliphatic rings. The van der Waals surface area contributed by atoms with Gasteiger partial charge in [-0.05, 0) is 86.5 Å². The maximum Gasteiger partial charge on any atom is 0.253 e. The summed E-state index contributed by atoms with van der Waals surface area (Å²) in [5, 5.41) is 11.1. The molecule has 0 unspecified atom stereocenters. The predicted molar refractivity (Wildman–Crippen MR) is 159 cm³/mol. The van der Waals surface area contributed by atoms with Gasteiger partial charge in [-0.2, -0.15) is 0 Å². The maximum absolute atomic E-state index is 14.0. The fourth-order valence-corrected chi connectivity index (χ4v) is 9.00. The van der Waals surface area contributed by atoms with Gasteiger partial charge < -0.3 is 9.84 Å². The summed E-state index contributed by atoms with van der Waals surface area (Å²) in [5.74, 6) is -5.48. The van der Waals surface area contributed by atoms with Crippen LogP contribution in [0, 0.1) is 17.8 Å². The molecule has 2 aromatic rings. The van der Waals surface area contributed by atoms with Crippen LogP contribution in [0.3, 0.4) is 0 Å². The lowest BCUT2D eigenvalue weighted by molar-refractivity contribution is -0.138. The van der Waals surface area contributed by atoms with Gasteiger partial charge in [0.25, 0.3) is 11.8 Å². The fourth-order valence-electron chi connectivity index (χ4n) is 6.91. The van der Waals surface area contributed by atoms with Gasteiger partial charge >= 0.3 is 0 Å². The molecular formula is C28H21Br2Cl3N2O6. The number of amides is 4. The number of likely N-dealkylation sites (tertiary alicyclic amines) is 1. The highest BCUT2D eigenvalue weighted by Gasteiger charge is 2.76. The standard InChI is InChI=1S/C28H21Br2Cl3N2O6/c1-34-25(39)27(32)10-16-13(7-8-14-18(16)24(38)35(23(14)37)12-5-3-11(31)4-6-12)19(28(27,33)26(34)40)15-9-17(41-2)22(36)21(30)20(15)29/h3-7,9,14,16,18-19,36H,8,10H2,1-2H3/t14-,16+,18-,19+,27+,28-/m0/s1. The SMILES string of the molecule is COc1cc([C@H]2C3=CC[C@@H]4C(=O)N(c5ccc(Cl)cc5)C(=O)[C@@H]4[C@@H]3C[C@@]3(Cl)C(=O)N(C)C(=O)[C@@]23Cl)c(Br)c(Br)c1O. The van der Waals surface area contributed by atoms with Crippen molar-refractivity contribution in [2.75, 3.05) is 19.1 Å². The summed E-state index contributed by atoms with van der Waals surface area (Å²) in [5.41, 5.74) is 1.43. The number of rotatable bonds is 3. The van der Waals surface area contributed by atoms with Crippen LogP contribution in [-0.2, 0) is 19.2 Å². The van der Waals surface area contributed by atoms with Crippen molar-refractivity contribution < 1.29 is 29.0 Å². The van der Waals surface area contributed by atoms with Crippen molar-refractivity contribution >= 4 is 96.0 Å². The predicted octanol–water partition coefficient (Wildman–Crippen LogP) is 5.77. The van der Waals surface area contributed by atoms with E-state index in [0.29, 0.717) is 26.3 Å². The number of carbonyl (C=O) groups is 4. The van der Waals surface area contributed by atoms with Crippen LogP contribution in [-0.4, -0.2) is 57.5 Å². The summed E-state index contributed by atoms with van der Waals surface area (Å²) in [6.45, 7) is 0. The number of hydrogen-bond donors (Lipinski definition) is 1. The zero-order chi connectivity index (χ0) is 29.8. The molecule has 2 saturated heterocycles. The molecule has 13 heteroatoms. The summed E-state index contributed by atoms with van der Waals surface area (Å²) in [7, 11) is 2.70. The zero-order valence-corrected chi connectivity index (χ0v) is 26.9. The van der Waals surface area contributed by atoms with Gasteiger partial charge in [-0.25, -0.2) is 0 Å². The van der Waals surface area contributed by atoms with Gasteiger partial charge in [0.1, 0.15) is 0 Å². The van der Waals surface area contributed by atoms with E-state index in [1.165, 1.54) is 20.2 Å². The number of carbonyl (C=O) groups excluding carboxylic acids is 4. The molecule has 214 valence electrons. The van der Waals surface area contributed by atoms with Crippen LogP contribution < -0.4 is 9.64 Å². The number of fused-ring (bicyclic) bond motifs is 4. The maximum atomic E-state index is 14.0. The third-order valence-corrected chi connectivity index (χ3v) is 12.6. The Hall–Kier alpha value is -2.11. The first-order valence-corrected chi connectivity index (χ1v) is 15.3. The van der Waals surface area contributed by atoms with Crippen molar-refractivity contribution in [3.63, 3.8) is 0 Å². The van der Waals surface area contributed by atoms with E-state index in [4.69, 9.17) is 39.5 Å². The fraction of sp³-hybridized carbons (Fsp3) is 0.357. The molecule has 3 fully saturated rings. The van der Waals surface area contributed by atoms with E-state index in [1.807, 2.05) is 6.08 Å². The number of ether oxygens (including phenoxy) is 1. The van der Waals surface area contributed by atoms with Gasteiger partial charge in [0.15, 0.2) is 21.2 Å². The Morgan fingerprint density at radius 2 is 1.66 bits per heavy atom. The number of aromatic hydroxyl groups is 1. The van der Waals surface area contributed by atoms with Crippen molar-refractivity contribution in [2.45, 2.75) is 28.5 Å². The van der Waals surface area contributed by atoms with E-state index in [0.717, 1.165) is 9.80 Å². The van der Waals surface area contributed by atoms with E-state index in [9.17, 15) is 24.3 Å². The number of alkyl halides is 2. The number of benzene rings is 2. The lowest BCUT2D eigenvalue weighted by Gasteiger charge is -2.51. The number of imide groups is 2. The molecule has 1 saturated carbocycles. The first kappa shape index (κ1) is 29.0. The van der Waals surface area contributed by atoms with Crippen LogP contribution in [0.15, 0.2) is 50.9 Å². The van der Waals surface area contributed by atoms with E-state index in [-0.39, 0.29) is 34.7 Å². The minimum Gasteiger partial charge on any atom is -0.503 e. The molecule has 2 aromatic carbocycles. The van der Waals surface area contributed by atoms with Crippen LogP contribution in [0.5, 0.6) is 11.5 Å². The van der Waals surface area contributed by atoms with Gasteiger partial charge in [0, 0.05) is 22.5 Å². The molecule has 6 atom stereocenters. The number of anilines is 1. The minimum absolute atomic E-state index is 0.0954. The highest BCUT2D eigenvalue weighted by atomic mass is 79.9. The second-order valence-corrected chi connectivity index (χ2v) is 13.9. The summed E-state index contributed by atoms with van der Waals surface area (Å²) in [6, 6.07) is 7.93. The molecule has 41 heavy (non-hydrogen) atoms. The third kappa shape index (κ3) is 3.70. The Kier molecular flexibility index (Phi) is 6.86. The van der Waals surface area contributed by atoms with E-state index in [1.54, 1.807) is 24.3 Å². The lowest BCUT2D eigenvalue weighted by atomic mass is 9.56. The molecule has 2 heterocycles. The number of nitrogens with zero attached hydrogens (tertiary/aromatic N) is 2. The van der Waals surface area contributed by atoms with Gasteiger partial charge in [0.05, 0.1) is 29.1 Å².